The number of hydrogen-bond acceptors (Lipinski definition) is 5. The number of halogens is 1. The van der Waals surface area contributed by atoms with E-state index in [-0.39, 0.29) is 17.9 Å². The molecule has 1 atom stereocenters. The number of nitrogens with zero attached hydrogens (tertiary/aromatic N) is 3. The van der Waals surface area contributed by atoms with Gasteiger partial charge in [0.25, 0.3) is 5.91 Å². The van der Waals surface area contributed by atoms with Crippen LogP contribution in [-0.4, -0.2) is 26.5 Å². The number of nitro groups is 1. The molecule has 1 unspecified atom stereocenters. The highest BCUT2D eigenvalue weighted by Crippen LogP contribution is 2.38. The topological polar surface area (TPSA) is 98.0 Å². The fourth-order valence-corrected chi connectivity index (χ4v) is 3.09. The van der Waals surface area contributed by atoms with Crippen LogP contribution >= 0.6 is 0 Å². The minimum Gasteiger partial charge on any atom is -0.301 e. The van der Waals surface area contributed by atoms with E-state index >= 15 is 0 Å². The zero-order chi connectivity index (χ0) is 20.6. The van der Waals surface area contributed by atoms with Crippen LogP contribution in [0.15, 0.2) is 48.7 Å². The molecule has 0 aliphatic heterocycles. The van der Waals surface area contributed by atoms with E-state index in [1.54, 1.807) is 24.3 Å². The summed E-state index contributed by atoms with van der Waals surface area (Å²) in [6.45, 7) is 1.47. The molecule has 148 valence electrons. The Bertz CT molecular complexity index is 1040. The summed E-state index contributed by atoms with van der Waals surface area (Å²) in [6.07, 6.45) is 8.55. The molecule has 0 aromatic carbocycles. The van der Waals surface area contributed by atoms with Gasteiger partial charge in [-0.15, -0.1) is 0 Å². The molecule has 1 saturated carbocycles. The molecule has 0 radical (unpaired) electrons. The highest BCUT2D eigenvalue weighted by molar-refractivity contribution is 6.04. The Morgan fingerprint density at radius 2 is 2.10 bits per heavy atom. The number of nitrogens with one attached hydrogen (secondary N) is 1. The molecule has 2 aromatic heterocycles. The van der Waals surface area contributed by atoms with Crippen molar-refractivity contribution in [2.24, 2.45) is 0 Å². The van der Waals surface area contributed by atoms with Crippen LogP contribution in [0.3, 0.4) is 0 Å². The van der Waals surface area contributed by atoms with Gasteiger partial charge in [0, 0.05) is 30.3 Å². The molecule has 2 heterocycles. The number of allylic oxidation sites excluding steroid dienone is 4. The predicted octanol–water partition coefficient (Wildman–Crippen LogP) is 4.59. The van der Waals surface area contributed by atoms with Gasteiger partial charge in [0.1, 0.15) is 5.67 Å². The Balaban J connectivity index is 1.59. The monoisotopic (exact) mass is 394 g/mol. The second-order valence-electron chi connectivity index (χ2n) is 7.50. The minimum absolute atomic E-state index is 0.161. The molecule has 29 heavy (non-hydrogen) atoms. The largest absolute Gasteiger partial charge is 0.311 e. The van der Waals surface area contributed by atoms with E-state index < -0.39 is 16.5 Å². The van der Waals surface area contributed by atoms with Crippen LogP contribution in [0.4, 0.5) is 15.9 Å². The number of amides is 1. The van der Waals surface area contributed by atoms with Crippen molar-refractivity contribution in [2.45, 2.75) is 37.8 Å². The molecule has 1 amide bonds. The lowest BCUT2D eigenvalue weighted by atomic mass is 9.94. The number of alkyl halides is 1. The maximum Gasteiger partial charge on any atom is 0.311 e. The molecular weight excluding hydrogens is 375 g/mol. The highest BCUT2D eigenvalue weighted by Gasteiger charge is 2.26. The van der Waals surface area contributed by atoms with Crippen LogP contribution in [-0.2, 0) is 0 Å². The van der Waals surface area contributed by atoms with Crippen molar-refractivity contribution in [2.75, 3.05) is 5.32 Å². The third kappa shape index (κ3) is 4.21. The van der Waals surface area contributed by atoms with Gasteiger partial charge in [-0.25, -0.2) is 9.37 Å². The first-order chi connectivity index (χ1) is 13.8. The number of hydrogen-bond donors (Lipinski definition) is 1. The molecule has 8 heteroatoms. The van der Waals surface area contributed by atoms with E-state index in [9.17, 15) is 19.3 Å². The fraction of sp³-hybridized carbons (Fsp3) is 0.286. The quantitative estimate of drug-likeness (QED) is 0.591. The zero-order valence-corrected chi connectivity index (χ0v) is 15.8. The molecule has 4 rings (SSSR count). The maximum atomic E-state index is 13.9. The van der Waals surface area contributed by atoms with Crippen molar-refractivity contribution in [3.63, 3.8) is 0 Å². The Labute approximate surface area is 166 Å². The minimum atomic E-state index is -1.43. The van der Waals surface area contributed by atoms with E-state index in [0.29, 0.717) is 22.7 Å². The molecule has 2 aliphatic rings. The third-order valence-corrected chi connectivity index (χ3v) is 4.97. The Morgan fingerprint density at radius 1 is 1.31 bits per heavy atom. The van der Waals surface area contributed by atoms with E-state index in [1.807, 2.05) is 0 Å². The molecule has 1 fully saturated rings. The van der Waals surface area contributed by atoms with Crippen molar-refractivity contribution < 1.29 is 14.1 Å². The average Bonchev–Trinajstić information content (AvgIpc) is 3.53. The molecule has 2 aromatic rings. The summed E-state index contributed by atoms with van der Waals surface area (Å²) < 4.78 is 13.9. The number of carbonyl (C=O) groups excluding carboxylic acids is 1. The smallest absolute Gasteiger partial charge is 0.301 e. The second-order valence-corrected chi connectivity index (χ2v) is 7.50. The number of anilines is 1. The molecular formula is C21H19FN4O3. The number of pyridine rings is 2. The number of carbonyl (C=O) groups is 1. The van der Waals surface area contributed by atoms with Gasteiger partial charge in [0.15, 0.2) is 0 Å². The highest BCUT2D eigenvalue weighted by atomic mass is 19.1. The van der Waals surface area contributed by atoms with E-state index in [0.717, 1.165) is 18.5 Å². The molecule has 2 aliphatic carbocycles. The van der Waals surface area contributed by atoms with Gasteiger partial charge < -0.3 is 5.32 Å². The summed E-state index contributed by atoms with van der Waals surface area (Å²) in [5.41, 5.74) is 0.548. The lowest BCUT2D eigenvalue weighted by Crippen LogP contribution is -2.16. The van der Waals surface area contributed by atoms with Gasteiger partial charge in [-0.2, -0.15) is 0 Å². The zero-order valence-electron chi connectivity index (χ0n) is 15.8. The number of aromatic nitrogens is 2. The summed E-state index contributed by atoms with van der Waals surface area (Å²) in [5, 5.41) is 13.9. The Morgan fingerprint density at radius 3 is 2.69 bits per heavy atom. The molecule has 0 spiro atoms. The lowest BCUT2D eigenvalue weighted by molar-refractivity contribution is -0.384. The third-order valence-electron chi connectivity index (χ3n) is 4.97. The summed E-state index contributed by atoms with van der Waals surface area (Å²) in [5.74, 6) is -0.224. The summed E-state index contributed by atoms with van der Waals surface area (Å²) >= 11 is 0. The Kier molecular flexibility index (Phi) is 4.70. The molecule has 0 bridgehead atoms. The van der Waals surface area contributed by atoms with Crippen LogP contribution in [0.2, 0.25) is 0 Å². The normalized spacial score (nSPS) is 20.8. The van der Waals surface area contributed by atoms with E-state index in [2.05, 4.69) is 15.3 Å². The average molecular weight is 394 g/mol. The van der Waals surface area contributed by atoms with Gasteiger partial charge in [-0.3, -0.25) is 19.9 Å². The van der Waals surface area contributed by atoms with Crippen molar-refractivity contribution in [1.29, 1.82) is 0 Å². The molecule has 7 nitrogen and oxygen atoms in total. The van der Waals surface area contributed by atoms with E-state index in [4.69, 9.17) is 0 Å². The van der Waals surface area contributed by atoms with Crippen LogP contribution in [0.1, 0.15) is 53.8 Å². The SMILES string of the molecule is CC1(F)C=CC(c2ccc([N+](=O)[O-])c(NC(=O)c3ccc(C4CC4)nc3)n2)=CC1. The van der Waals surface area contributed by atoms with Gasteiger partial charge in [0.2, 0.25) is 5.82 Å². The van der Waals surface area contributed by atoms with Crippen LogP contribution in [0.5, 0.6) is 0 Å². The Hall–Kier alpha value is -3.42. The van der Waals surface area contributed by atoms with Gasteiger partial charge in [0.05, 0.1) is 16.2 Å². The number of rotatable bonds is 5. The second kappa shape index (κ2) is 7.20. The fourth-order valence-electron chi connectivity index (χ4n) is 3.09. The van der Waals surface area contributed by atoms with Gasteiger partial charge in [-0.05, 0) is 49.6 Å². The first-order valence-electron chi connectivity index (χ1n) is 9.34. The summed E-state index contributed by atoms with van der Waals surface area (Å²) in [4.78, 5) is 31.9. The predicted molar refractivity (Wildman–Crippen MR) is 106 cm³/mol. The van der Waals surface area contributed by atoms with Gasteiger partial charge >= 0.3 is 5.69 Å². The van der Waals surface area contributed by atoms with E-state index in [1.165, 1.54) is 31.3 Å². The standard InChI is InChI=1S/C21H19FN4O3/c1-21(22)10-8-14(9-11-21)17-6-7-18(26(28)29)19(24-17)25-20(27)15-4-5-16(23-12-15)13-2-3-13/h4-10,12-13H,2-3,11H2,1H3,(H,24,25,27). The lowest BCUT2D eigenvalue weighted by Gasteiger charge is -2.18. The van der Waals surface area contributed by atoms with Crippen molar-refractivity contribution in [3.8, 4) is 0 Å². The van der Waals surface area contributed by atoms with Crippen LogP contribution in [0.25, 0.3) is 5.57 Å². The van der Waals surface area contributed by atoms with Crippen LogP contribution in [0, 0.1) is 10.1 Å². The summed E-state index contributed by atoms with van der Waals surface area (Å²) in [7, 11) is 0. The van der Waals surface area contributed by atoms with Gasteiger partial charge in [-0.1, -0.05) is 12.2 Å². The first kappa shape index (κ1) is 18.9. The van der Waals surface area contributed by atoms with Crippen molar-refractivity contribution in [1.82, 2.24) is 9.97 Å². The van der Waals surface area contributed by atoms with Crippen molar-refractivity contribution in [3.05, 3.63) is 75.8 Å². The molecule has 1 N–H and O–H groups in total. The molecule has 0 saturated heterocycles. The maximum absolute atomic E-state index is 13.9. The van der Waals surface area contributed by atoms with Crippen LogP contribution < -0.4 is 5.32 Å². The summed E-state index contributed by atoms with van der Waals surface area (Å²) in [6, 6.07) is 6.22. The van der Waals surface area contributed by atoms with Crippen molar-refractivity contribution >= 4 is 23.0 Å². The first-order valence-corrected chi connectivity index (χ1v) is 9.34.